The molecular weight excluding hydrogens is 322 g/mol. The van der Waals surface area contributed by atoms with Crippen molar-refractivity contribution >= 4 is 15.5 Å². The van der Waals surface area contributed by atoms with Crippen LogP contribution in [0, 0.1) is 11.6 Å². The largest absolute Gasteiger partial charge is 0.368 e. The van der Waals surface area contributed by atoms with E-state index in [-0.39, 0.29) is 5.75 Å². The van der Waals surface area contributed by atoms with E-state index in [2.05, 4.69) is 11.8 Å². The molecule has 4 nitrogen and oxygen atoms in total. The Balaban J connectivity index is 1.97. The molecule has 1 aromatic carbocycles. The zero-order valence-corrected chi connectivity index (χ0v) is 14.5. The van der Waals surface area contributed by atoms with E-state index in [4.69, 9.17) is 0 Å². The normalized spacial score (nSPS) is 20.5. The van der Waals surface area contributed by atoms with Crippen molar-refractivity contribution in [2.75, 3.05) is 43.1 Å². The Labute approximate surface area is 137 Å². The molecule has 1 aromatic rings. The summed E-state index contributed by atoms with van der Waals surface area (Å²) in [5.74, 6) is -0.924. The number of hydrogen-bond acceptors (Lipinski definition) is 4. The van der Waals surface area contributed by atoms with Gasteiger partial charge in [0.05, 0.1) is 11.4 Å². The number of halogens is 2. The molecule has 1 saturated heterocycles. The predicted octanol–water partition coefficient (Wildman–Crippen LogP) is 2.30. The fourth-order valence-electron chi connectivity index (χ4n) is 2.95. The maximum atomic E-state index is 13.9. The van der Waals surface area contributed by atoms with Crippen LogP contribution in [0.15, 0.2) is 18.2 Å². The lowest BCUT2D eigenvalue weighted by Gasteiger charge is -2.26. The molecule has 0 radical (unpaired) electrons. The molecule has 2 rings (SSSR count). The smallest absolute Gasteiger partial charge is 0.149 e. The zero-order valence-electron chi connectivity index (χ0n) is 13.6. The van der Waals surface area contributed by atoms with Crippen molar-refractivity contribution in [2.24, 2.45) is 0 Å². The molecule has 0 aromatic heterocycles. The van der Waals surface area contributed by atoms with Crippen molar-refractivity contribution in [3.63, 3.8) is 0 Å². The second-order valence-electron chi connectivity index (χ2n) is 6.24. The van der Waals surface area contributed by atoms with Crippen molar-refractivity contribution in [1.82, 2.24) is 4.90 Å². The van der Waals surface area contributed by atoms with Crippen LogP contribution in [-0.2, 0) is 9.84 Å². The lowest BCUT2D eigenvalue weighted by molar-refractivity contribution is 0.221. The van der Waals surface area contributed by atoms with Crippen LogP contribution in [0.4, 0.5) is 14.5 Å². The first kappa shape index (κ1) is 18.1. The molecule has 1 heterocycles. The number of benzene rings is 1. The van der Waals surface area contributed by atoms with Crippen LogP contribution < -0.4 is 4.90 Å². The summed E-state index contributed by atoms with van der Waals surface area (Å²) in [6.07, 6.45) is 2.71. The molecule has 1 unspecified atom stereocenters. The van der Waals surface area contributed by atoms with Crippen LogP contribution in [-0.4, -0.2) is 57.5 Å². The summed E-state index contributed by atoms with van der Waals surface area (Å²) in [6.45, 7) is 4.90. The summed E-state index contributed by atoms with van der Waals surface area (Å²) >= 11 is 0. The summed E-state index contributed by atoms with van der Waals surface area (Å²) < 4.78 is 49.4. The van der Waals surface area contributed by atoms with Gasteiger partial charge in [-0.1, -0.05) is 0 Å². The summed E-state index contributed by atoms with van der Waals surface area (Å²) in [4.78, 5) is 4.18. The molecular formula is C16H24F2N2O2S. The average molecular weight is 346 g/mol. The van der Waals surface area contributed by atoms with E-state index >= 15 is 0 Å². The zero-order chi connectivity index (χ0) is 17.0. The van der Waals surface area contributed by atoms with Crippen LogP contribution in [0.5, 0.6) is 0 Å². The van der Waals surface area contributed by atoms with Gasteiger partial charge in [0.25, 0.3) is 0 Å². The molecule has 1 atom stereocenters. The molecule has 7 heteroatoms. The van der Waals surface area contributed by atoms with Gasteiger partial charge in [0.15, 0.2) is 0 Å². The van der Waals surface area contributed by atoms with Gasteiger partial charge in [-0.25, -0.2) is 17.2 Å². The van der Waals surface area contributed by atoms with Crippen molar-refractivity contribution in [1.29, 1.82) is 0 Å². The summed E-state index contributed by atoms with van der Waals surface area (Å²) in [7, 11) is -2.94. The maximum absolute atomic E-state index is 13.9. The van der Waals surface area contributed by atoms with Gasteiger partial charge in [-0.05, 0) is 38.4 Å². The van der Waals surface area contributed by atoms with Crippen LogP contribution in [0.3, 0.4) is 0 Å². The van der Waals surface area contributed by atoms with Crippen molar-refractivity contribution in [2.45, 2.75) is 25.8 Å². The van der Waals surface area contributed by atoms with Gasteiger partial charge in [-0.3, -0.25) is 4.90 Å². The minimum absolute atomic E-state index is 0.187. The van der Waals surface area contributed by atoms with Crippen LogP contribution >= 0.6 is 0 Å². The molecule has 0 N–H and O–H groups in total. The molecule has 0 aliphatic carbocycles. The maximum Gasteiger partial charge on any atom is 0.149 e. The summed E-state index contributed by atoms with van der Waals surface area (Å²) in [5, 5.41) is 0. The molecule has 1 aliphatic heterocycles. The third-order valence-corrected chi connectivity index (χ3v) is 5.34. The van der Waals surface area contributed by atoms with Crippen LogP contribution in [0.2, 0.25) is 0 Å². The fraction of sp³-hybridized carbons (Fsp3) is 0.625. The van der Waals surface area contributed by atoms with E-state index in [1.165, 1.54) is 18.4 Å². The molecule has 0 spiro atoms. The van der Waals surface area contributed by atoms with E-state index in [1.807, 2.05) is 4.90 Å². The molecule has 1 fully saturated rings. The topological polar surface area (TPSA) is 40.6 Å². The first-order valence-electron chi connectivity index (χ1n) is 7.88. The van der Waals surface area contributed by atoms with Gasteiger partial charge >= 0.3 is 0 Å². The number of hydrogen-bond donors (Lipinski definition) is 0. The van der Waals surface area contributed by atoms with Gasteiger partial charge in [0, 0.05) is 38.0 Å². The van der Waals surface area contributed by atoms with E-state index in [9.17, 15) is 17.2 Å². The Morgan fingerprint density at radius 3 is 2.61 bits per heavy atom. The highest BCUT2D eigenvalue weighted by molar-refractivity contribution is 7.90. The van der Waals surface area contributed by atoms with Gasteiger partial charge in [0.2, 0.25) is 0 Å². The molecule has 1 aliphatic rings. The second kappa shape index (κ2) is 7.57. The van der Waals surface area contributed by atoms with Crippen LogP contribution in [0.25, 0.3) is 0 Å². The summed E-state index contributed by atoms with van der Waals surface area (Å²) in [5.41, 5.74) is 0.427. The Morgan fingerprint density at radius 2 is 1.96 bits per heavy atom. The Kier molecular flexibility index (Phi) is 5.97. The monoisotopic (exact) mass is 346 g/mol. The molecule has 23 heavy (non-hydrogen) atoms. The predicted molar refractivity (Wildman–Crippen MR) is 88.6 cm³/mol. The van der Waals surface area contributed by atoms with E-state index < -0.39 is 21.5 Å². The third kappa shape index (κ3) is 5.42. The van der Waals surface area contributed by atoms with E-state index in [0.29, 0.717) is 37.8 Å². The Morgan fingerprint density at radius 1 is 1.22 bits per heavy atom. The summed E-state index contributed by atoms with van der Waals surface area (Å²) in [6, 6.07) is 3.97. The highest BCUT2D eigenvalue weighted by Gasteiger charge is 2.22. The molecule has 0 amide bonds. The molecule has 130 valence electrons. The van der Waals surface area contributed by atoms with Gasteiger partial charge in [0.1, 0.15) is 21.5 Å². The lowest BCUT2D eigenvalue weighted by atomic mass is 10.2. The highest BCUT2D eigenvalue weighted by Crippen LogP contribution is 2.23. The average Bonchev–Trinajstić information content (AvgIpc) is 2.61. The Bertz CT molecular complexity index is 637. The number of nitrogens with zero attached hydrogens (tertiary/aromatic N) is 2. The SMILES string of the molecule is CC1CCN(c2ccc(F)cc2F)CCN1CCCS(C)(=O)=O. The van der Waals surface area contributed by atoms with Crippen LogP contribution in [0.1, 0.15) is 19.8 Å². The number of rotatable bonds is 5. The van der Waals surface area contributed by atoms with Gasteiger partial charge in [-0.2, -0.15) is 0 Å². The first-order valence-corrected chi connectivity index (χ1v) is 9.94. The van der Waals surface area contributed by atoms with Crippen molar-refractivity contribution < 1.29 is 17.2 Å². The standard InChI is InChI=1S/C16H24F2N2O2S/c1-13-6-8-20(16-5-4-14(17)12-15(16)18)10-9-19(13)7-3-11-23(2,21)22/h4-5,12-13H,3,6-11H2,1-2H3. The Hall–Kier alpha value is -1.21. The van der Waals surface area contributed by atoms with Crippen molar-refractivity contribution in [3.05, 3.63) is 29.8 Å². The fourth-order valence-corrected chi connectivity index (χ4v) is 3.60. The minimum atomic E-state index is -2.94. The highest BCUT2D eigenvalue weighted by atomic mass is 32.2. The quantitative estimate of drug-likeness (QED) is 0.820. The second-order valence-corrected chi connectivity index (χ2v) is 8.50. The minimum Gasteiger partial charge on any atom is -0.368 e. The lowest BCUT2D eigenvalue weighted by Crippen LogP contribution is -2.36. The third-order valence-electron chi connectivity index (χ3n) is 4.31. The van der Waals surface area contributed by atoms with Crippen molar-refractivity contribution in [3.8, 4) is 0 Å². The molecule has 0 bridgehead atoms. The van der Waals surface area contributed by atoms with E-state index in [0.717, 1.165) is 19.0 Å². The number of sulfone groups is 1. The molecule has 0 saturated carbocycles. The van der Waals surface area contributed by atoms with Gasteiger partial charge in [-0.15, -0.1) is 0 Å². The number of anilines is 1. The van der Waals surface area contributed by atoms with Gasteiger partial charge < -0.3 is 4.90 Å². The van der Waals surface area contributed by atoms with E-state index in [1.54, 1.807) is 0 Å². The first-order chi connectivity index (χ1) is 10.8.